The van der Waals surface area contributed by atoms with E-state index in [-0.39, 0.29) is 21.9 Å². The van der Waals surface area contributed by atoms with Crippen LogP contribution in [-0.2, 0) is 12.6 Å². The molecule has 0 amide bonds. The smallest absolute Gasteiger partial charge is 0.420 e. The highest BCUT2D eigenvalue weighted by Gasteiger charge is 2.34. The largest absolute Gasteiger partial charge is 0.462 e. The van der Waals surface area contributed by atoms with Gasteiger partial charge in [0.25, 0.3) is 0 Å². The van der Waals surface area contributed by atoms with E-state index in [1.807, 2.05) is 0 Å². The average Bonchev–Trinajstić information content (AvgIpc) is 2.89. The fourth-order valence-corrected chi connectivity index (χ4v) is 3.13. The van der Waals surface area contributed by atoms with Gasteiger partial charge in [-0.3, -0.25) is 4.98 Å². The maximum atomic E-state index is 12.9. The molecular weight excluding hydrogens is 365 g/mol. The molecule has 0 aliphatic rings. The first-order chi connectivity index (χ1) is 11.3. The number of nitrogens with zero attached hydrogens (tertiary/aromatic N) is 3. The van der Waals surface area contributed by atoms with Crippen LogP contribution in [0.5, 0.6) is 0 Å². The van der Waals surface area contributed by atoms with Crippen LogP contribution in [0.1, 0.15) is 11.3 Å². The second-order valence-corrected chi connectivity index (χ2v) is 6.26. The number of thioether (sulfide) groups is 1. The number of fused-ring (bicyclic) bond motifs is 1. The molecular formula is C14H10ClF3N4OS. The first-order valence-electron chi connectivity index (χ1n) is 6.69. The molecule has 0 saturated carbocycles. The second kappa shape index (κ2) is 6.48. The number of aromatic nitrogens is 3. The summed E-state index contributed by atoms with van der Waals surface area (Å²) in [5.41, 5.74) is 5.38. The Hall–Kier alpha value is -2.00. The van der Waals surface area contributed by atoms with Crippen LogP contribution in [0.3, 0.4) is 0 Å². The summed E-state index contributed by atoms with van der Waals surface area (Å²) in [7, 11) is 0. The van der Waals surface area contributed by atoms with Crippen LogP contribution in [0.15, 0.2) is 34.2 Å². The van der Waals surface area contributed by atoms with Crippen LogP contribution in [0.2, 0.25) is 5.15 Å². The number of hydrogen-bond acceptors (Lipinski definition) is 6. The van der Waals surface area contributed by atoms with Crippen molar-refractivity contribution in [2.75, 3.05) is 11.5 Å². The normalized spacial score (nSPS) is 12.0. The Bertz CT molecular complexity index is 864. The molecule has 3 rings (SSSR count). The predicted octanol–water partition coefficient (Wildman–Crippen LogP) is 4.21. The van der Waals surface area contributed by atoms with Gasteiger partial charge in [-0.05, 0) is 12.5 Å². The Balaban J connectivity index is 1.73. The van der Waals surface area contributed by atoms with Gasteiger partial charge in [-0.2, -0.15) is 13.2 Å². The molecule has 0 aliphatic heterocycles. The van der Waals surface area contributed by atoms with Crippen LogP contribution in [0, 0.1) is 0 Å². The highest BCUT2D eigenvalue weighted by atomic mass is 35.5. The van der Waals surface area contributed by atoms with E-state index in [0.29, 0.717) is 29.3 Å². The van der Waals surface area contributed by atoms with Crippen LogP contribution in [0.4, 0.5) is 19.0 Å². The molecule has 126 valence electrons. The van der Waals surface area contributed by atoms with E-state index in [1.54, 1.807) is 0 Å². The van der Waals surface area contributed by atoms with Gasteiger partial charge in [0, 0.05) is 22.9 Å². The number of anilines is 1. The Morgan fingerprint density at radius 3 is 2.75 bits per heavy atom. The predicted molar refractivity (Wildman–Crippen MR) is 84.9 cm³/mol. The molecule has 0 unspecified atom stereocenters. The van der Waals surface area contributed by atoms with Crippen molar-refractivity contribution >= 4 is 40.1 Å². The SMILES string of the molecule is Nc1cc(Cl)nc(SCCc2cc3c(C(F)(F)F)coc3cn2)n1. The number of nitrogens with two attached hydrogens (primary N) is 1. The third-order valence-electron chi connectivity index (χ3n) is 3.11. The van der Waals surface area contributed by atoms with E-state index < -0.39 is 11.7 Å². The standard InChI is InChI=1S/C14H10ClF3N4OS/c15-11-4-12(19)22-13(21-11)24-2-1-7-3-8-9(14(16,17)18)6-23-10(8)5-20-7/h3-6H,1-2H2,(H2,19,21,22). The summed E-state index contributed by atoms with van der Waals surface area (Å²) in [5.74, 6) is 0.766. The summed E-state index contributed by atoms with van der Waals surface area (Å²) in [6, 6.07) is 2.81. The fraction of sp³-hybridized carbons (Fsp3) is 0.214. The van der Waals surface area contributed by atoms with Gasteiger partial charge in [0.2, 0.25) is 0 Å². The van der Waals surface area contributed by atoms with E-state index in [2.05, 4.69) is 15.0 Å². The molecule has 24 heavy (non-hydrogen) atoms. The number of hydrogen-bond donors (Lipinski definition) is 1. The number of halogens is 4. The lowest BCUT2D eigenvalue weighted by Crippen LogP contribution is -2.03. The van der Waals surface area contributed by atoms with Gasteiger partial charge < -0.3 is 10.2 Å². The van der Waals surface area contributed by atoms with Gasteiger partial charge in [0.15, 0.2) is 10.7 Å². The first-order valence-corrected chi connectivity index (χ1v) is 8.05. The van der Waals surface area contributed by atoms with Crippen molar-refractivity contribution in [1.29, 1.82) is 0 Å². The fourth-order valence-electron chi connectivity index (χ4n) is 2.06. The molecule has 0 spiro atoms. The summed E-state index contributed by atoms with van der Waals surface area (Å²) in [4.78, 5) is 12.1. The lowest BCUT2D eigenvalue weighted by atomic mass is 10.1. The number of nitrogen functional groups attached to an aromatic ring is 1. The minimum absolute atomic E-state index is 0.000694. The second-order valence-electron chi connectivity index (χ2n) is 4.82. The maximum absolute atomic E-state index is 12.9. The molecule has 0 aliphatic carbocycles. The zero-order valence-electron chi connectivity index (χ0n) is 12.0. The minimum Gasteiger partial charge on any atom is -0.462 e. The Morgan fingerprint density at radius 2 is 2.04 bits per heavy atom. The maximum Gasteiger partial charge on any atom is 0.420 e. The van der Waals surface area contributed by atoms with Crippen LogP contribution >= 0.6 is 23.4 Å². The molecule has 0 atom stereocenters. The minimum atomic E-state index is -4.47. The van der Waals surface area contributed by atoms with E-state index in [1.165, 1.54) is 30.1 Å². The van der Waals surface area contributed by atoms with Crippen LogP contribution in [0.25, 0.3) is 11.0 Å². The number of alkyl halides is 3. The van der Waals surface area contributed by atoms with Crippen molar-refractivity contribution in [1.82, 2.24) is 15.0 Å². The van der Waals surface area contributed by atoms with Crippen molar-refractivity contribution in [3.05, 3.63) is 41.0 Å². The van der Waals surface area contributed by atoms with Crippen molar-refractivity contribution in [2.24, 2.45) is 0 Å². The lowest BCUT2D eigenvalue weighted by Gasteiger charge is -2.05. The highest BCUT2D eigenvalue weighted by molar-refractivity contribution is 7.99. The Morgan fingerprint density at radius 1 is 1.25 bits per heavy atom. The van der Waals surface area contributed by atoms with Crippen LogP contribution < -0.4 is 5.73 Å². The summed E-state index contributed by atoms with van der Waals surface area (Å²) in [6.45, 7) is 0. The molecule has 3 aromatic rings. The third kappa shape index (κ3) is 3.73. The quantitative estimate of drug-likeness (QED) is 0.419. The zero-order chi connectivity index (χ0) is 17.3. The van der Waals surface area contributed by atoms with Gasteiger partial charge in [-0.25, -0.2) is 9.97 Å². The Labute approximate surface area is 143 Å². The molecule has 0 radical (unpaired) electrons. The van der Waals surface area contributed by atoms with E-state index in [4.69, 9.17) is 21.8 Å². The van der Waals surface area contributed by atoms with Crippen molar-refractivity contribution in [2.45, 2.75) is 17.8 Å². The molecule has 2 N–H and O–H groups in total. The number of pyridine rings is 1. The van der Waals surface area contributed by atoms with Gasteiger partial charge in [-0.1, -0.05) is 23.4 Å². The molecule has 0 saturated heterocycles. The molecule has 5 nitrogen and oxygen atoms in total. The molecule has 0 bridgehead atoms. The third-order valence-corrected chi connectivity index (χ3v) is 4.15. The van der Waals surface area contributed by atoms with Gasteiger partial charge in [-0.15, -0.1) is 0 Å². The van der Waals surface area contributed by atoms with Gasteiger partial charge in [0.1, 0.15) is 22.8 Å². The van der Waals surface area contributed by atoms with Gasteiger partial charge in [0.05, 0.1) is 6.20 Å². The Kier molecular flexibility index (Phi) is 4.55. The van der Waals surface area contributed by atoms with E-state index in [9.17, 15) is 13.2 Å². The molecule has 0 fully saturated rings. The lowest BCUT2D eigenvalue weighted by molar-refractivity contribution is -0.136. The highest BCUT2D eigenvalue weighted by Crippen LogP contribution is 2.36. The zero-order valence-corrected chi connectivity index (χ0v) is 13.5. The topological polar surface area (TPSA) is 77.8 Å². The average molecular weight is 375 g/mol. The van der Waals surface area contributed by atoms with Crippen molar-refractivity contribution < 1.29 is 17.6 Å². The number of furan rings is 1. The van der Waals surface area contributed by atoms with Crippen molar-refractivity contribution in [3.8, 4) is 0 Å². The number of aryl methyl sites for hydroxylation is 1. The summed E-state index contributed by atoms with van der Waals surface area (Å²) >= 11 is 7.07. The number of rotatable bonds is 4. The molecule has 3 aromatic heterocycles. The van der Waals surface area contributed by atoms with Crippen molar-refractivity contribution in [3.63, 3.8) is 0 Å². The van der Waals surface area contributed by atoms with E-state index in [0.717, 1.165) is 0 Å². The molecule has 3 heterocycles. The van der Waals surface area contributed by atoms with E-state index >= 15 is 0 Å². The van der Waals surface area contributed by atoms with Gasteiger partial charge >= 0.3 is 6.18 Å². The summed E-state index contributed by atoms with van der Waals surface area (Å²) < 4.78 is 43.6. The summed E-state index contributed by atoms with van der Waals surface area (Å²) in [6.07, 6.45) is -2.05. The molecule has 10 heteroatoms. The van der Waals surface area contributed by atoms with Crippen LogP contribution in [-0.4, -0.2) is 20.7 Å². The molecule has 0 aromatic carbocycles. The summed E-state index contributed by atoms with van der Waals surface area (Å²) in [5, 5.41) is 0.638. The first kappa shape index (κ1) is 16.8. The monoisotopic (exact) mass is 374 g/mol.